The lowest BCUT2D eigenvalue weighted by molar-refractivity contribution is -0.121. The number of rotatable bonds is 6. The van der Waals surface area contributed by atoms with Crippen molar-refractivity contribution in [1.29, 1.82) is 0 Å². The minimum absolute atomic E-state index is 0.0149. The van der Waals surface area contributed by atoms with E-state index in [2.05, 4.69) is 54.4 Å². The van der Waals surface area contributed by atoms with E-state index >= 15 is 0 Å². The Hall–Kier alpha value is -1.81. The van der Waals surface area contributed by atoms with Gasteiger partial charge in [0.05, 0.1) is 17.8 Å². The second-order valence-electron chi connectivity index (χ2n) is 5.61. The average Bonchev–Trinajstić information content (AvgIpc) is 2.57. The lowest BCUT2D eigenvalue weighted by atomic mass is 10.2. The van der Waals surface area contributed by atoms with E-state index in [-0.39, 0.29) is 11.7 Å². The molecule has 0 aliphatic heterocycles. The third kappa shape index (κ3) is 5.34. The maximum absolute atomic E-state index is 12.2. The summed E-state index contributed by atoms with van der Waals surface area (Å²) in [5.41, 5.74) is 5.08. The van der Waals surface area contributed by atoms with Gasteiger partial charge in [-0.2, -0.15) is 5.10 Å². The monoisotopic (exact) mass is 531 g/mol. The highest BCUT2D eigenvalue weighted by atomic mass is 127. The van der Waals surface area contributed by atoms with Crippen LogP contribution in [0, 0.1) is 10.5 Å². The van der Waals surface area contributed by atoms with Gasteiger partial charge in [-0.3, -0.25) is 4.79 Å². The molecule has 138 valence electrons. The average molecular weight is 532 g/mol. The largest absolute Gasteiger partial charge is 0.504 e. The summed E-state index contributed by atoms with van der Waals surface area (Å²) in [5.74, 6) is 0.0618. The number of methoxy groups -OCH3 is 1. The summed E-state index contributed by atoms with van der Waals surface area (Å²) >= 11 is 5.55. The Labute approximate surface area is 174 Å². The number of hydrazone groups is 1. The fourth-order valence-electron chi connectivity index (χ4n) is 2.23. The van der Waals surface area contributed by atoms with E-state index in [4.69, 9.17) is 4.74 Å². The SMILES string of the molecule is COc1c(O)cc(C=NNC(=O)C(C)Nc2ccc(I)cc2C)cc1Br. The van der Waals surface area contributed by atoms with Gasteiger partial charge in [-0.25, -0.2) is 5.43 Å². The molecule has 26 heavy (non-hydrogen) atoms. The van der Waals surface area contributed by atoms with Crippen molar-refractivity contribution < 1.29 is 14.6 Å². The number of amides is 1. The first-order valence-electron chi connectivity index (χ1n) is 7.74. The second kappa shape index (κ2) is 9.22. The van der Waals surface area contributed by atoms with Crippen molar-refractivity contribution >= 4 is 56.3 Å². The number of hydrogen-bond acceptors (Lipinski definition) is 5. The molecule has 2 aromatic carbocycles. The minimum Gasteiger partial charge on any atom is -0.504 e. The van der Waals surface area contributed by atoms with Crippen molar-refractivity contribution in [3.8, 4) is 11.5 Å². The summed E-state index contributed by atoms with van der Waals surface area (Å²) in [4.78, 5) is 12.2. The van der Waals surface area contributed by atoms with Crippen molar-refractivity contribution in [3.05, 3.63) is 49.5 Å². The quantitative estimate of drug-likeness (QED) is 0.298. The molecule has 0 saturated carbocycles. The molecular formula is C18H19BrIN3O3. The van der Waals surface area contributed by atoms with Crippen LogP contribution >= 0.6 is 38.5 Å². The molecule has 0 fully saturated rings. The first-order chi connectivity index (χ1) is 12.3. The first kappa shape index (κ1) is 20.5. The molecule has 0 radical (unpaired) electrons. The van der Waals surface area contributed by atoms with E-state index < -0.39 is 6.04 Å². The summed E-state index contributed by atoms with van der Waals surface area (Å²) in [6.07, 6.45) is 1.45. The molecule has 0 aliphatic rings. The van der Waals surface area contributed by atoms with E-state index in [1.807, 2.05) is 25.1 Å². The lowest BCUT2D eigenvalue weighted by Crippen LogP contribution is -2.35. The summed E-state index contributed by atoms with van der Waals surface area (Å²) < 4.78 is 6.79. The summed E-state index contributed by atoms with van der Waals surface area (Å²) in [6.45, 7) is 3.75. The van der Waals surface area contributed by atoms with Gasteiger partial charge in [0.1, 0.15) is 6.04 Å². The van der Waals surface area contributed by atoms with Gasteiger partial charge in [-0.1, -0.05) is 0 Å². The van der Waals surface area contributed by atoms with Crippen molar-refractivity contribution in [3.63, 3.8) is 0 Å². The van der Waals surface area contributed by atoms with Gasteiger partial charge in [-0.15, -0.1) is 0 Å². The number of nitrogens with one attached hydrogen (secondary N) is 2. The molecule has 3 N–H and O–H groups in total. The molecule has 1 unspecified atom stereocenters. The van der Waals surface area contributed by atoms with E-state index in [0.29, 0.717) is 15.8 Å². The highest BCUT2D eigenvalue weighted by molar-refractivity contribution is 14.1. The second-order valence-corrected chi connectivity index (χ2v) is 7.71. The van der Waals surface area contributed by atoms with Crippen LogP contribution in [0.25, 0.3) is 0 Å². The molecular weight excluding hydrogens is 513 g/mol. The highest BCUT2D eigenvalue weighted by Crippen LogP contribution is 2.34. The van der Waals surface area contributed by atoms with Crippen molar-refractivity contribution in [2.75, 3.05) is 12.4 Å². The Balaban J connectivity index is 1.98. The standard InChI is InChI=1S/C18H19BrIN3O3/c1-10-6-13(20)4-5-15(10)22-11(2)18(25)23-21-9-12-7-14(19)17(26-3)16(24)8-12/h4-9,11,22,24H,1-3H3,(H,23,25). The number of hydrogen-bond donors (Lipinski definition) is 3. The van der Waals surface area contributed by atoms with Crippen molar-refractivity contribution in [2.45, 2.75) is 19.9 Å². The molecule has 2 rings (SSSR count). The van der Waals surface area contributed by atoms with Crippen LogP contribution in [0.1, 0.15) is 18.1 Å². The fourth-order valence-corrected chi connectivity index (χ4v) is 3.51. The number of phenolic OH excluding ortho intramolecular Hbond substituents is 1. The van der Waals surface area contributed by atoms with Crippen LogP contribution in [0.5, 0.6) is 11.5 Å². The molecule has 8 heteroatoms. The lowest BCUT2D eigenvalue weighted by Gasteiger charge is -2.15. The predicted molar refractivity (Wildman–Crippen MR) is 115 cm³/mol. The van der Waals surface area contributed by atoms with E-state index in [0.717, 1.165) is 14.8 Å². The Morgan fingerprint density at radius 3 is 2.73 bits per heavy atom. The number of anilines is 1. The molecule has 0 saturated heterocycles. The molecule has 1 atom stereocenters. The number of ether oxygens (including phenoxy) is 1. The molecule has 6 nitrogen and oxygen atoms in total. The van der Waals surface area contributed by atoms with Gasteiger partial charge in [0.15, 0.2) is 11.5 Å². The maximum atomic E-state index is 12.2. The Bertz CT molecular complexity index is 819. The van der Waals surface area contributed by atoms with Crippen LogP contribution in [0.15, 0.2) is 39.9 Å². The Morgan fingerprint density at radius 2 is 2.12 bits per heavy atom. The van der Waals surface area contributed by atoms with Gasteiger partial charge < -0.3 is 15.2 Å². The number of aryl methyl sites for hydroxylation is 1. The molecule has 0 heterocycles. The number of carbonyl (C=O) groups is 1. The predicted octanol–water partition coefficient (Wildman–Crippen LogP) is 4.03. The fraction of sp³-hybridized carbons (Fsp3) is 0.222. The zero-order valence-corrected chi connectivity index (χ0v) is 18.3. The molecule has 0 aromatic heterocycles. The van der Waals surface area contributed by atoms with Crippen LogP contribution in [-0.2, 0) is 4.79 Å². The number of carbonyl (C=O) groups excluding carboxylic acids is 1. The van der Waals surface area contributed by atoms with E-state index in [1.54, 1.807) is 13.0 Å². The normalized spacial score (nSPS) is 12.0. The third-order valence-corrected chi connectivity index (χ3v) is 4.85. The first-order valence-corrected chi connectivity index (χ1v) is 9.61. The van der Waals surface area contributed by atoms with Crippen molar-refractivity contribution in [2.24, 2.45) is 5.10 Å². The highest BCUT2D eigenvalue weighted by Gasteiger charge is 2.13. The zero-order chi connectivity index (χ0) is 19.3. The molecule has 1 amide bonds. The van der Waals surface area contributed by atoms with Crippen LogP contribution in [0.2, 0.25) is 0 Å². The smallest absolute Gasteiger partial charge is 0.262 e. The third-order valence-electron chi connectivity index (χ3n) is 3.59. The minimum atomic E-state index is -0.457. The van der Waals surface area contributed by atoms with Gasteiger partial charge in [0, 0.05) is 9.26 Å². The number of benzene rings is 2. The number of halogens is 2. The summed E-state index contributed by atoms with van der Waals surface area (Å²) in [7, 11) is 1.47. The van der Waals surface area contributed by atoms with Crippen LogP contribution in [0.4, 0.5) is 5.69 Å². The van der Waals surface area contributed by atoms with Crippen molar-refractivity contribution in [1.82, 2.24) is 5.43 Å². The van der Waals surface area contributed by atoms with Crippen LogP contribution in [0.3, 0.4) is 0 Å². The number of phenols is 1. The van der Waals surface area contributed by atoms with Gasteiger partial charge in [0.25, 0.3) is 5.91 Å². The molecule has 0 spiro atoms. The number of aromatic hydroxyl groups is 1. The Kier molecular flexibility index (Phi) is 7.27. The van der Waals surface area contributed by atoms with Gasteiger partial charge >= 0.3 is 0 Å². The topological polar surface area (TPSA) is 83.0 Å². The molecule has 0 bridgehead atoms. The number of nitrogens with zero attached hydrogens (tertiary/aromatic N) is 1. The van der Waals surface area contributed by atoms with Gasteiger partial charge in [-0.05, 0) is 93.8 Å². The molecule has 2 aromatic rings. The summed E-state index contributed by atoms with van der Waals surface area (Å²) in [6, 6.07) is 8.73. The van der Waals surface area contributed by atoms with E-state index in [1.165, 1.54) is 19.4 Å². The van der Waals surface area contributed by atoms with Crippen LogP contribution < -0.4 is 15.5 Å². The van der Waals surface area contributed by atoms with Crippen LogP contribution in [-0.4, -0.2) is 30.4 Å². The Morgan fingerprint density at radius 1 is 1.38 bits per heavy atom. The maximum Gasteiger partial charge on any atom is 0.262 e. The van der Waals surface area contributed by atoms with E-state index in [9.17, 15) is 9.90 Å². The van der Waals surface area contributed by atoms with Gasteiger partial charge in [0.2, 0.25) is 0 Å². The summed E-state index contributed by atoms with van der Waals surface area (Å²) in [5, 5.41) is 17.0. The zero-order valence-electron chi connectivity index (χ0n) is 14.5. The molecule has 0 aliphatic carbocycles.